The minimum atomic E-state index is 0.517. The first-order valence-corrected chi connectivity index (χ1v) is 7.60. The van der Waals surface area contributed by atoms with Crippen molar-refractivity contribution in [3.63, 3.8) is 0 Å². The number of hydrogen-bond acceptors (Lipinski definition) is 5. The standard InChI is InChI=1S/C15H22N6/c16-9-4-10-20(11-13-5-2-1-3-6-13)12-15-17-18-19-21(15)14-7-8-14/h1-3,5-6,14H,4,7-12,16H2. The van der Waals surface area contributed by atoms with Crippen LogP contribution in [0.25, 0.3) is 0 Å². The van der Waals surface area contributed by atoms with Crippen molar-refractivity contribution in [2.75, 3.05) is 13.1 Å². The Kier molecular flexibility index (Phi) is 4.57. The highest BCUT2D eigenvalue weighted by atomic mass is 15.6. The molecule has 1 aliphatic rings. The molecule has 1 fully saturated rings. The summed E-state index contributed by atoms with van der Waals surface area (Å²) in [7, 11) is 0. The molecule has 1 heterocycles. The van der Waals surface area contributed by atoms with Gasteiger partial charge in [-0.3, -0.25) is 4.90 Å². The van der Waals surface area contributed by atoms with Gasteiger partial charge in [0.2, 0.25) is 0 Å². The lowest BCUT2D eigenvalue weighted by Crippen LogP contribution is -2.27. The lowest BCUT2D eigenvalue weighted by molar-refractivity contribution is 0.243. The van der Waals surface area contributed by atoms with E-state index < -0.39 is 0 Å². The topological polar surface area (TPSA) is 72.9 Å². The molecule has 0 aliphatic heterocycles. The van der Waals surface area contributed by atoms with Crippen LogP contribution in [0, 0.1) is 0 Å². The first-order valence-electron chi connectivity index (χ1n) is 7.60. The van der Waals surface area contributed by atoms with Gasteiger partial charge in [0.05, 0.1) is 12.6 Å². The molecule has 6 heteroatoms. The van der Waals surface area contributed by atoms with E-state index in [-0.39, 0.29) is 0 Å². The molecule has 6 nitrogen and oxygen atoms in total. The highest BCUT2D eigenvalue weighted by molar-refractivity contribution is 5.14. The van der Waals surface area contributed by atoms with Gasteiger partial charge in [-0.2, -0.15) is 0 Å². The van der Waals surface area contributed by atoms with Crippen molar-refractivity contribution < 1.29 is 0 Å². The van der Waals surface area contributed by atoms with Crippen LogP contribution in [0.4, 0.5) is 0 Å². The van der Waals surface area contributed by atoms with Crippen molar-refractivity contribution in [2.24, 2.45) is 5.73 Å². The Morgan fingerprint density at radius 3 is 2.71 bits per heavy atom. The minimum Gasteiger partial charge on any atom is -0.330 e. The maximum atomic E-state index is 5.66. The second-order valence-corrected chi connectivity index (χ2v) is 5.61. The van der Waals surface area contributed by atoms with Gasteiger partial charge in [-0.25, -0.2) is 4.68 Å². The van der Waals surface area contributed by atoms with Crippen LogP contribution in [-0.4, -0.2) is 38.2 Å². The first-order chi connectivity index (χ1) is 10.4. The molecule has 2 N–H and O–H groups in total. The summed E-state index contributed by atoms with van der Waals surface area (Å²) in [5.41, 5.74) is 6.97. The van der Waals surface area contributed by atoms with E-state index in [0.29, 0.717) is 12.6 Å². The van der Waals surface area contributed by atoms with Crippen LogP contribution in [0.1, 0.15) is 36.7 Å². The summed E-state index contributed by atoms with van der Waals surface area (Å²) in [6.45, 7) is 3.35. The fraction of sp³-hybridized carbons (Fsp3) is 0.533. The third kappa shape index (κ3) is 3.86. The molecule has 0 saturated heterocycles. The highest BCUT2D eigenvalue weighted by Gasteiger charge is 2.28. The first kappa shape index (κ1) is 14.2. The molecule has 112 valence electrons. The highest BCUT2D eigenvalue weighted by Crippen LogP contribution is 2.34. The van der Waals surface area contributed by atoms with Crippen molar-refractivity contribution in [2.45, 2.75) is 38.4 Å². The summed E-state index contributed by atoms with van der Waals surface area (Å²) in [6.07, 6.45) is 3.37. The van der Waals surface area contributed by atoms with E-state index in [4.69, 9.17) is 5.73 Å². The Hall–Kier alpha value is -1.79. The van der Waals surface area contributed by atoms with Crippen molar-refractivity contribution in [1.29, 1.82) is 0 Å². The summed E-state index contributed by atoms with van der Waals surface area (Å²) in [6, 6.07) is 11.0. The lowest BCUT2D eigenvalue weighted by atomic mass is 10.2. The van der Waals surface area contributed by atoms with Gasteiger partial charge in [-0.15, -0.1) is 5.10 Å². The van der Waals surface area contributed by atoms with Crippen LogP contribution < -0.4 is 5.73 Å². The summed E-state index contributed by atoms with van der Waals surface area (Å²) >= 11 is 0. The third-order valence-electron chi connectivity index (χ3n) is 3.75. The molecule has 0 amide bonds. The molecule has 21 heavy (non-hydrogen) atoms. The zero-order chi connectivity index (χ0) is 14.5. The average Bonchev–Trinajstić information content (AvgIpc) is 3.26. The molecular formula is C15H22N6. The smallest absolute Gasteiger partial charge is 0.165 e. The van der Waals surface area contributed by atoms with Gasteiger partial charge in [0, 0.05) is 13.1 Å². The van der Waals surface area contributed by atoms with Gasteiger partial charge in [-0.05, 0) is 41.8 Å². The van der Waals surface area contributed by atoms with Gasteiger partial charge in [0.15, 0.2) is 5.82 Å². The monoisotopic (exact) mass is 286 g/mol. The normalized spacial score (nSPS) is 14.8. The molecule has 1 aromatic carbocycles. The number of aromatic nitrogens is 4. The zero-order valence-electron chi connectivity index (χ0n) is 12.2. The number of nitrogens with two attached hydrogens (primary N) is 1. The molecule has 0 atom stereocenters. The second-order valence-electron chi connectivity index (χ2n) is 5.61. The van der Waals surface area contributed by atoms with Gasteiger partial charge in [-0.1, -0.05) is 30.3 Å². The van der Waals surface area contributed by atoms with Crippen LogP contribution >= 0.6 is 0 Å². The molecule has 1 aliphatic carbocycles. The summed E-state index contributed by atoms with van der Waals surface area (Å²) in [5, 5.41) is 12.2. The largest absolute Gasteiger partial charge is 0.330 e. The quantitative estimate of drug-likeness (QED) is 0.793. The Morgan fingerprint density at radius 2 is 2.00 bits per heavy atom. The summed E-state index contributed by atoms with van der Waals surface area (Å²) in [4.78, 5) is 2.37. The Labute approximate surface area is 124 Å². The van der Waals surface area contributed by atoms with Crippen molar-refractivity contribution in [3.8, 4) is 0 Å². The molecule has 0 spiro atoms. The van der Waals surface area contributed by atoms with Crippen molar-refractivity contribution in [1.82, 2.24) is 25.1 Å². The number of benzene rings is 1. The predicted molar refractivity (Wildman–Crippen MR) is 80.3 cm³/mol. The fourth-order valence-corrected chi connectivity index (χ4v) is 2.49. The van der Waals surface area contributed by atoms with Crippen LogP contribution in [0.5, 0.6) is 0 Å². The number of rotatable bonds is 8. The molecule has 0 bridgehead atoms. The van der Waals surface area contributed by atoms with Crippen molar-refractivity contribution in [3.05, 3.63) is 41.7 Å². The Morgan fingerprint density at radius 1 is 1.19 bits per heavy atom. The summed E-state index contributed by atoms with van der Waals surface area (Å²) in [5.74, 6) is 0.963. The van der Waals surface area contributed by atoms with E-state index in [1.165, 1.54) is 18.4 Å². The minimum absolute atomic E-state index is 0.517. The van der Waals surface area contributed by atoms with Gasteiger partial charge < -0.3 is 5.73 Å². The second kappa shape index (κ2) is 6.78. The van der Waals surface area contributed by atoms with Gasteiger partial charge >= 0.3 is 0 Å². The Balaban J connectivity index is 1.68. The molecule has 0 radical (unpaired) electrons. The SMILES string of the molecule is NCCCN(Cc1ccccc1)Cc1nnnn1C1CC1. The average molecular weight is 286 g/mol. The van der Waals surface area contributed by atoms with E-state index in [9.17, 15) is 0 Å². The predicted octanol–water partition coefficient (Wildman–Crippen LogP) is 1.36. The third-order valence-corrected chi connectivity index (χ3v) is 3.75. The van der Waals surface area contributed by atoms with E-state index in [0.717, 1.165) is 31.9 Å². The molecule has 2 aromatic rings. The Bertz CT molecular complexity index is 548. The van der Waals surface area contributed by atoms with E-state index >= 15 is 0 Å². The van der Waals surface area contributed by atoms with Gasteiger partial charge in [0.1, 0.15) is 0 Å². The van der Waals surface area contributed by atoms with Gasteiger partial charge in [0.25, 0.3) is 0 Å². The lowest BCUT2D eigenvalue weighted by Gasteiger charge is -2.21. The molecule has 1 saturated carbocycles. The number of nitrogens with zero attached hydrogens (tertiary/aromatic N) is 5. The van der Waals surface area contributed by atoms with Crippen LogP contribution in [0.2, 0.25) is 0 Å². The molecule has 0 unspecified atom stereocenters. The summed E-state index contributed by atoms with van der Waals surface area (Å²) < 4.78 is 1.99. The van der Waals surface area contributed by atoms with E-state index in [1.807, 2.05) is 10.7 Å². The van der Waals surface area contributed by atoms with E-state index in [1.54, 1.807) is 0 Å². The van der Waals surface area contributed by atoms with Crippen molar-refractivity contribution >= 4 is 0 Å². The van der Waals surface area contributed by atoms with Crippen LogP contribution in [0.3, 0.4) is 0 Å². The number of tetrazole rings is 1. The fourth-order valence-electron chi connectivity index (χ4n) is 2.49. The van der Waals surface area contributed by atoms with E-state index in [2.05, 4.69) is 44.7 Å². The molecule has 1 aromatic heterocycles. The maximum absolute atomic E-state index is 5.66. The van der Waals surface area contributed by atoms with Crippen LogP contribution in [-0.2, 0) is 13.1 Å². The zero-order valence-corrected chi connectivity index (χ0v) is 12.2. The van der Waals surface area contributed by atoms with Crippen LogP contribution in [0.15, 0.2) is 30.3 Å². The maximum Gasteiger partial charge on any atom is 0.165 e. The molecule has 3 rings (SSSR count). The number of hydrogen-bond donors (Lipinski definition) is 1. The molecular weight excluding hydrogens is 264 g/mol.